The first kappa shape index (κ1) is 20.1. The van der Waals surface area contributed by atoms with Gasteiger partial charge in [0.2, 0.25) is 0 Å². The third-order valence-corrected chi connectivity index (χ3v) is 4.26. The van der Waals surface area contributed by atoms with E-state index >= 15 is 0 Å². The van der Waals surface area contributed by atoms with Crippen molar-refractivity contribution in [1.82, 2.24) is 15.1 Å². The zero-order valence-electron chi connectivity index (χ0n) is 16.3. The number of para-hydroxylation sites is 1. The average molecular weight is 393 g/mol. The molecule has 0 radical (unpaired) electrons. The summed E-state index contributed by atoms with van der Waals surface area (Å²) in [4.78, 5) is 23.0. The third kappa shape index (κ3) is 5.19. The standard InChI is InChI=1S/C21H23N5O3/c1-15(2)24-21(27)17-8-9-19(20(12-17)26(28)29)22-11-10-16-13-23-25(14-16)18-6-4-3-5-7-18/h3-9,12-15,22H,10-11H2,1-2H3,(H,24,27). The van der Waals surface area contributed by atoms with Crippen LogP contribution in [0.15, 0.2) is 60.9 Å². The molecule has 3 aromatic rings. The van der Waals surface area contributed by atoms with Gasteiger partial charge in [0.15, 0.2) is 0 Å². The summed E-state index contributed by atoms with van der Waals surface area (Å²) in [5.74, 6) is -0.331. The molecule has 1 aromatic heterocycles. The van der Waals surface area contributed by atoms with Crippen LogP contribution in [0.5, 0.6) is 0 Å². The molecule has 1 heterocycles. The number of benzene rings is 2. The van der Waals surface area contributed by atoms with E-state index in [4.69, 9.17) is 0 Å². The molecule has 0 aliphatic rings. The molecule has 2 aromatic carbocycles. The molecule has 0 saturated heterocycles. The Labute approximate surface area is 168 Å². The lowest BCUT2D eigenvalue weighted by molar-refractivity contribution is -0.384. The van der Waals surface area contributed by atoms with E-state index in [9.17, 15) is 14.9 Å². The molecule has 1 amide bonds. The Balaban J connectivity index is 1.65. The summed E-state index contributed by atoms with van der Waals surface area (Å²) in [6, 6.07) is 14.2. The van der Waals surface area contributed by atoms with Crippen molar-refractivity contribution in [2.24, 2.45) is 0 Å². The minimum atomic E-state index is -0.484. The lowest BCUT2D eigenvalue weighted by Gasteiger charge is -2.10. The molecule has 150 valence electrons. The zero-order valence-corrected chi connectivity index (χ0v) is 16.3. The number of nitro benzene ring substituents is 1. The molecule has 0 unspecified atom stereocenters. The molecule has 0 fully saturated rings. The summed E-state index contributed by atoms with van der Waals surface area (Å²) in [5, 5.41) is 21.6. The number of rotatable bonds is 8. The molecular formula is C21H23N5O3. The molecule has 0 saturated carbocycles. The van der Waals surface area contributed by atoms with Crippen LogP contribution in [0.2, 0.25) is 0 Å². The van der Waals surface area contributed by atoms with Crippen molar-refractivity contribution in [3.8, 4) is 5.69 Å². The molecule has 0 aliphatic heterocycles. The Kier molecular flexibility index (Phi) is 6.23. The molecule has 0 spiro atoms. The molecule has 29 heavy (non-hydrogen) atoms. The molecule has 2 N–H and O–H groups in total. The monoisotopic (exact) mass is 393 g/mol. The number of nitro groups is 1. The van der Waals surface area contributed by atoms with Gasteiger partial charge in [0.05, 0.1) is 16.8 Å². The summed E-state index contributed by atoms with van der Waals surface area (Å²) in [6.45, 7) is 4.17. The second-order valence-electron chi connectivity index (χ2n) is 6.92. The van der Waals surface area contributed by atoms with E-state index in [1.54, 1.807) is 23.0 Å². The fourth-order valence-corrected chi connectivity index (χ4v) is 2.87. The maximum atomic E-state index is 12.1. The van der Waals surface area contributed by atoms with Crippen LogP contribution in [0.1, 0.15) is 29.8 Å². The first-order chi connectivity index (χ1) is 13.9. The highest BCUT2D eigenvalue weighted by molar-refractivity contribution is 5.95. The number of carbonyl (C=O) groups excluding carboxylic acids is 1. The van der Waals surface area contributed by atoms with Gasteiger partial charge in [0.25, 0.3) is 11.6 Å². The van der Waals surface area contributed by atoms with E-state index in [0.29, 0.717) is 18.7 Å². The minimum Gasteiger partial charge on any atom is -0.379 e. The van der Waals surface area contributed by atoms with Gasteiger partial charge in [-0.3, -0.25) is 14.9 Å². The number of hydrogen-bond acceptors (Lipinski definition) is 5. The highest BCUT2D eigenvalue weighted by atomic mass is 16.6. The number of carbonyl (C=O) groups is 1. The van der Waals surface area contributed by atoms with Crippen molar-refractivity contribution in [3.05, 3.63) is 82.2 Å². The predicted molar refractivity (Wildman–Crippen MR) is 111 cm³/mol. The van der Waals surface area contributed by atoms with Crippen molar-refractivity contribution >= 4 is 17.3 Å². The minimum absolute atomic E-state index is 0.0452. The average Bonchev–Trinajstić information content (AvgIpc) is 3.17. The lowest BCUT2D eigenvalue weighted by atomic mass is 10.1. The maximum absolute atomic E-state index is 12.1. The molecule has 8 nitrogen and oxygen atoms in total. The van der Waals surface area contributed by atoms with Gasteiger partial charge in [-0.15, -0.1) is 0 Å². The van der Waals surface area contributed by atoms with Gasteiger partial charge >= 0.3 is 0 Å². The van der Waals surface area contributed by atoms with Gasteiger partial charge in [0.1, 0.15) is 5.69 Å². The van der Waals surface area contributed by atoms with Crippen LogP contribution in [0.25, 0.3) is 5.69 Å². The van der Waals surface area contributed by atoms with E-state index in [1.165, 1.54) is 6.07 Å². The summed E-state index contributed by atoms with van der Waals surface area (Å²) in [7, 11) is 0. The highest BCUT2D eigenvalue weighted by Gasteiger charge is 2.18. The van der Waals surface area contributed by atoms with Gasteiger partial charge in [0, 0.05) is 30.4 Å². The van der Waals surface area contributed by atoms with Crippen LogP contribution >= 0.6 is 0 Å². The third-order valence-electron chi connectivity index (χ3n) is 4.26. The van der Waals surface area contributed by atoms with Crippen molar-refractivity contribution in [2.45, 2.75) is 26.3 Å². The number of anilines is 1. The van der Waals surface area contributed by atoms with E-state index in [1.807, 2.05) is 50.4 Å². The van der Waals surface area contributed by atoms with Crippen LogP contribution in [0.4, 0.5) is 11.4 Å². The van der Waals surface area contributed by atoms with Gasteiger partial charge in [-0.1, -0.05) is 18.2 Å². The summed E-state index contributed by atoms with van der Waals surface area (Å²) in [6.07, 6.45) is 4.37. The number of hydrogen-bond donors (Lipinski definition) is 2. The topological polar surface area (TPSA) is 102 Å². The SMILES string of the molecule is CC(C)NC(=O)c1ccc(NCCc2cnn(-c3ccccc3)c2)c([N+](=O)[O-])c1. The Morgan fingerprint density at radius 2 is 1.97 bits per heavy atom. The summed E-state index contributed by atoms with van der Waals surface area (Å²) >= 11 is 0. The van der Waals surface area contributed by atoms with E-state index < -0.39 is 4.92 Å². The van der Waals surface area contributed by atoms with E-state index in [2.05, 4.69) is 15.7 Å². The van der Waals surface area contributed by atoms with Gasteiger partial charge in [-0.05, 0) is 50.1 Å². The van der Waals surface area contributed by atoms with Crippen molar-refractivity contribution in [1.29, 1.82) is 0 Å². The van der Waals surface area contributed by atoms with Crippen LogP contribution in [-0.2, 0) is 6.42 Å². The second-order valence-corrected chi connectivity index (χ2v) is 6.92. The largest absolute Gasteiger partial charge is 0.379 e. The second kappa shape index (κ2) is 9.01. The molecule has 0 aliphatic carbocycles. The normalized spacial score (nSPS) is 10.7. The lowest BCUT2D eigenvalue weighted by Crippen LogP contribution is -2.30. The quantitative estimate of drug-likeness (QED) is 0.450. The van der Waals surface area contributed by atoms with Crippen LogP contribution in [0.3, 0.4) is 0 Å². The Morgan fingerprint density at radius 3 is 2.66 bits per heavy atom. The number of amides is 1. The van der Waals surface area contributed by atoms with Crippen molar-refractivity contribution < 1.29 is 9.72 Å². The van der Waals surface area contributed by atoms with Crippen LogP contribution < -0.4 is 10.6 Å². The molecule has 0 atom stereocenters. The molecule has 8 heteroatoms. The first-order valence-corrected chi connectivity index (χ1v) is 9.36. The Morgan fingerprint density at radius 1 is 1.21 bits per heavy atom. The molecule has 0 bridgehead atoms. The summed E-state index contributed by atoms with van der Waals surface area (Å²) < 4.78 is 1.79. The number of aromatic nitrogens is 2. The fourth-order valence-electron chi connectivity index (χ4n) is 2.87. The van der Waals surface area contributed by atoms with Crippen molar-refractivity contribution in [3.63, 3.8) is 0 Å². The highest BCUT2D eigenvalue weighted by Crippen LogP contribution is 2.25. The molecular weight excluding hydrogens is 370 g/mol. The zero-order chi connectivity index (χ0) is 20.8. The summed E-state index contributed by atoms with van der Waals surface area (Å²) in [5.41, 5.74) is 2.50. The first-order valence-electron chi connectivity index (χ1n) is 9.36. The Hall–Kier alpha value is -3.68. The van der Waals surface area contributed by atoms with E-state index in [0.717, 1.165) is 11.3 Å². The van der Waals surface area contributed by atoms with Crippen LogP contribution in [0, 0.1) is 10.1 Å². The maximum Gasteiger partial charge on any atom is 0.293 e. The van der Waals surface area contributed by atoms with E-state index in [-0.39, 0.29) is 23.2 Å². The van der Waals surface area contributed by atoms with Crippen LogP contribution in [-0.4, -0.2) is 33.2 Å². The Bertz CT molecular complexity index is 999. The van der Waals surface area contributed by atoms with Gasteiger partial charge in [-0.25, -0.2) is 4.68 Å². The van der Waals surface area contributed by atoms with Gasteiger partial charge < -0.3 is 10.6 Å². The smallest absolute Gasteiger partial charge is 0.293 e. The fraction of sp³-hybridized carbons (Fsp3) is 0.238. The number of nitrogens with one attached hydrogen (secondary N) is 2. The molecule has 3 rings (SSSR count). The van der Waals surface area contributed by atoms with Gasteiger partial charge in [-0.2, -0.15) is 5.10 Å². The number of nitrogens with zero attached hydrogens (tertiary/aromatic N) is 3. The predicted octanol–water partition coefficient (Wildman–Crippen LogP) is 3.57. The van der Waals surface area contributed by atoms with Crippen molar-refractivity contribution in [2.75, 3.05) is 11.9 Å².